The van der Waals surface area contributed by atoms with E-state index >= 15 is 0 Å². The predicted octanol–water partition coefficient (Wildman–Crippen LogP) is 2.31. The van der Waals surface area contributed by atoms with Gasteiger partial charge in [-0.2, -0.15) is 4.98 Å². The highest BCUT2D eigenvalue weighted by atomic mass is 15.2. The molecule has 1 aliphatic carbocycles. The number of nitrogens with two attached hydrogens (primary N) is 2. The van der Waals surface area contributed by atoms with Crippen molar-refractivity contribution in [2.75, 3.05) is 30.3 Å². The Bertz CT molecular complexity index is 715. The maximum Gasteiger partial charge on any atom is 0.222 e. The van der Waals surface area contributed by atoms with Gasteiger partial charge in [0.05, 0.1) is 5.69 Å². The van der Waals surface area contributed by atoms with Crippen LogP contribution < -0.4 is 16.4 Å². The number of nitrogen functional groups attached to an aromatic ring is 1. The third-order valence-electron chi connectivity index (χ3n) is 5.40. The Kier molecular flexibility index (Phi) is 4.10. The van der Waals surface area contributed by atoms with Crippen molar-refractivity contribution in [3.63, 3.8) is 0 Å². The summed E-state index contributed by atoms with van der Waals surface area (Å²) in [5.74, 6) is 2.33. The zero-order valence-electron chi connectivity index (χ0n) is 14.0. The summed E-state index contributed by atoms with van der Waals surface area (Å²) in [6.07, 6.45) is 4.47. The van der Waals surface area contributed by atoms with Gasteiger partial charge in [0.25, 0.3) is 0 Å². The summed E-state index contributed by atoms with van der Waals surface area (Å²) in [5.41, 5.74) is 15.7. The second kappa shape index (κ2) is 6.40. The fourth-order valence-corrected chi connectivity index (χ4v) is 4.14. The third-order valence-corrected chi connectivity index (χ3v) is 5.40. The zero-order valence-corrected chi connectivity index (χ0v) is 14.0. The molecule has 4 N–H and O–H groups in total. The average molecular weight is 323 g/mol. The van der Waals surface area contributed by atoms with Crippen LogP contribution in [0.2, 0.25) is 0 Å². The molecule has 0 amide bonds. The van der Waals surface area contributed by atoms with Gasteiger partial charge in [-0.05, 0) is 43.7 Å². The minimum atomic E-state index is 0.326. The number of benzene rings is 1. The topological polar surface area (TPSA) is 81.1 Å². The maximum absolute atomic E-state index is 6.08. The van der Waals surface area contributed by atoms with Gasteiger partial charge in [-0.1, -0.05) is 30.3 Å². The summed E-state index contributed by atoms with van der Waals surface area (Å²) >= 11 is 0. The Morgan fingerprint density at radius 1 is 1.12 bits per heavy atom. The molecule has 0 spiro atoms. The second-order valence-corrected chi connectivity index (χ2v) is 6.96. The largest absolute Gasteiger partial charge is 0.368 e. The molecule has 1 aromatic heterocycles. The molecule has 1 fully saturated rings. The highest BCUT2D eigenvalue weighted by Gasteiger charge is 2.31. The minimum absolute atomic E-state index is 0.326. The Morgan fingerprint density at radius 3 is 2.71 bits per heavy atom. The summed E-state index contributed by atoms with van der Waals surface area (Å²) in [6.45, 7) is 2.74. The lowest BCUT2D eigenvalue weighted by Gasteiger charge is -2.29. The van der Waals surface area contributed by atoms with E-state index in [1.165, 1.54) is 17.5 Å². The fourth-order valence-electron chi connectivity index (χ4n) is 4.14. The molecule has 126 valence electrons. The van der Waals surface area contributed by atoms with Crippen LogP contribution in [-0.4, -0.2) is 29.6 Å². The van der Waals surface area contributed by atoms with E-state index in [0.29, 0.717) is 17.8 Å². The van der Waals surface area contributed by atoms with E-state index in [1.54, 1.807) is 0 Å². The van der Waals surface area contributed by atoms with Gasteiger partial charge < -0.3 is 16.4 Å². The summed E-state index contributed by atoms with van der Waals surface area (Å²) in [4.78, 5) is 11.6. The van der Waals surface area contributed by atoms with E-state index in [1.807, 2.05) is 0 Å². The number of fused-ring (bicyclic) bond motifs is 1. The lowest BCUT2D eigenvalue weighted by molar-refractivity contribution is 0.590. The van der Waals surface area contributed by atoms with E-state index in [0.717, 1.165) is 50.4 Å². The van der Waals surface area contributed by atoms with Crippen molar-refractivity contribution in [2.45, 2.75) is 31.6 Å². The molecule has 1 saturated heterocycles. The molecule has 24 heavy (non-hydrogen) atoms. The van der Waals surface area contributed by atoms with Crippen LogP contribution in [0.5, 0.6) is 0 Å². The number of nitrogens with zero attached hydrogens (tertiary/aromatic N) is 3. The summed E-state index contributed by atoms with van der Waals surface area (Å²) in [5, 5.41) is 0. The van der Waals surface area contributed by atoms with Gasteiger partial charge in [0.2, 0.25) is 5.95 Å². The van der Waals surface area contributed by atoms with Crippen molar-refractivity contribution < 1.29 is 0 Å². The molecule has 1 aromatic carbocycles. The molecule has 2 aliphatic rings. The lowest BCUT2D eigenvalue weighted by atomic mass is 9.82. The van der Waals surface area contributed by atoms with Crippen LogP contribution in [-0.2, 0) is 6.42 Å². The Balaban J connectivity index is 1.75. The molecule has 4 rings (SSSR count). The van der Waals surface area contributed by atoms with Crippen LogP contribution in [0, 0.1) is 5.92 Å². The van der Waals surface area contributed by atoms with Crippen LogP contribution in [0.15, 0.2) is 30.3 Å². The van der Waals surface area contributed by atoms with E-state index in [4.69, 9.17) is 11.5 Å². The Labute approximate surface area is 143 Å². The standard InChI is InChI=1S/C19H25N5/c20-11-13-9-10-24(12-13)18-16-8-4-7-15(14-5-2-1-3-6-14)17(16)22-19(21)23-18/h1-3,5-6,13,15H,4,7-12,20H2,(H2,21,22,23). The normalized spacial score (nSPS) is 23.3. The Morgan fingerprint density at radius 2 is 1.96 bits per heavy atom. The molecular weight excluding hydrogens is 298 g/mol. The predicted molar refractivity (Wildman–Crippen MR) is 97.0 cm³/mol. The van der Waals surface area contributed by atoms with Crippen molar-refractivity contribution in [3.05, 3.63) is 47.2 Å². The lowest BCUT2D eigenvalue weighted by Crippen LogP contribution is -2.27. The van der Waals surface area contributed by atoms with Crippen LogP contribution in [0.3, 0.4) is 0 Å². The zero-order chi connectivity index (χ0) is 16.5. The molecule has 2 aromatic rings. The van der Waals surface area contributed by atoms with Crippen LogP contribution in [0.4, 0.5) is 11.8 Å². The molecule has 2 heterocycles. The summed E-state index contributed by atoms with van der Waals surface area (Å²) in [6, 6.07) is 10.6. The first-order valence-corrected chi connectivity index (χ1v) is 8.92. The SMILES string of the molecule is NCC1CCN(c2nc(N)nc3c2CCCC3c2ccccc2)C1. The molecule has 2 atom stereocenters. The average Bonchev–Trinajstić information content (AvgIpc) is 3.10. The number of aromatic nitrogens is 2. The number of anilines is 2. The van der Waals surface area contributed by atoms with Crippen molar-refractivity contribution in [1.29, 1.82) is 0 Å². The first-order valence-electron chi connectivity index (χ1n) is 8.92. The van der Waals surface area contributed by atoms with Gasteiger partial charge in [0.15, 0.2) is 0 Å². The summed E-state index contributed by atoms with van der Waals surface area (Å²) < 4.78 is 0. The highest BCUT2D eigenvalue weighted by molar-refractivity contribution is 5.55. The summed E-state index contributed by atoms with van der Waals surface area (Å²) in [7, 11) is 0. The van der Waals surface area contributed by atoms with Crippen molar-refractivity contribution >= 4 is 11.8 Å². The first-order chi connectivity index (χ1) is 11.8. The third kappa shape index (κ3) is 2.73. The molecule has 0 radical (unpaired) electrons. The van der Waals surface area contributed by atoms with Crippen LogP contribution >= 0.6 is 0 Å². The quantitative estimate of drug-likeness (QED) is 0.906. The highest BCUT2D eigenvalue weighted by Crippen LogP contribution is 2.40. The monoisotopic (exact) mass is 323 g/mol. The smallest absolute Gasteiger partial charge is 0.222 e. The van der Waals surface area contributed by atoms with Gasteiger partial charge in [0, 0.05) is 24.6 Å². The molecule has 5 nitrogen and oxygen atoms in total. The van der Waals surface area contributed by atoms with Gasteiger partial charge >= 0.3 is 0 Å². The van der Waals surface area contributed by atoms with E-state index < -0.39 is 0 Å². The van der Waals surface area contributed by atoms with Crippen LogP contribution in [0.1, 0.15) is 42.0 Å². The van der Waals surface area contributed by atoms with Crippen molar-refractivity contribution in [2.24, 2.45) is 11.7 Å². The number of hydrogen-bond donors (Lipinski definition) is 2. The van der Waals surface area contributed by atoms with Gasteiger partial charge in [-0.15, -0.1) is 0 Å². The molecule has 0 bridgehead atoms. The molecule has 2 unspecified atom stereocenters. The van der Waals surface area contributed by atoms with Crippen molar-refractivity contribution in [3.8, 4) is 0 Å². The minimum Gasteiger partial charge on any atom is -0.368 e. The number of hydrogen-bond acceptors (Lipinski definition) is 5. The van der Waals surface area contributed by atoms with E-state index in [-0.39, 0.29) is 0 Å². The second-order valence-electron chi connectivity index (χ2n) is 6.96. The Hall–Kier alpha value is -2.14. The van der Waals surface area contributed by atoms with Crippen LogP contribution in [0.25, 0.3) is 0 Å². The molecule has 5 heteroatoms. The molecular formula is C19H25N5. The maximum atomic E-state index is 6.08. The van der Waals surface area contributed by atoms with E-state index in [9.17, 15) is 0 Å². The van der Waals surface area contributed by atoms with Crippen molar-refractivity contribution in [1.82, 2.24) is 9.97 Å². The molecule has 1 aliphatic heterocycles. The van der Waals surface area contributed by atoms with Gasteiger partial charge in [-0.3, -0.25) is 0 Å². The van der Waals surface area contributed by atoms with Gasteiger partial charge in [0.1, 0.15) is 5.82 Å². The fraction of sp³-hybridized carbons (Fsp3) is 0.474. The van der Waals surface area contributed by atoms with E-state index in [2.05, 4.69) is 45.2 Å². The first kappa shape index (κ1) is 15.4. The number of rotatable bonds is 3. The van der Waals surface area contributed by atoms with Gasteiger partial charge in [-0.25, -0.2) is 4.98 Å². The molecule has 0 saturated carbocycles.